The summed E-state index contributed by atoms with van der Waals surface area (Å²) in [5.41, 5.74) is 3.62. The minimum Gasteiger partial charge on any atom is -0.335 e. The molecule has 2 aromatic carbocycles. The van der Waals surface area contributed by atoms with Crippen molar-refractivity contribution in [2.75, 3.05) is 31.5 Å². The van der Waals surface area contributed by atoms with Crippen molar-refractivity contribution in [3.63, 3.8) is 0 Å². The summed E-state index contributed by atoms with van der Waals surface area (Å²) >= 11 is 0. The van der Waals surface area contributed by atoms with Gasteiger partial charge in [-0.05, 0) is 43.3 Å². The zero-order chi connectivity index (χ0) is 21.8. The molecule has 0 aliphatic carbocycles. The summed E-state index contributed by atoms with van der Waals surface area (Å²) < 4.78 is 13.0. The smallest absolute Gasteiger partial charge is 0.321 e. The number of aromatic nitrogens is 1. The number of piperazine rings is 1. The Morgan fingerprint density at radius 3 is 2.16 bits per heavy atom. The summed E-state index contributed by atoms with van der Waals surface area (Å²) in [6.45, 7) is 3.57. The number of urea groups is 1. The molecule has 31 heavy (non-hydrogen) atoms. The van der Waals surface area contributed by atoms with E-state index in [0.717, 1.165) is 11.3 Å². The third-order valence-electron chi connectivity index (χ3n) is 5.34. The topological polar surface area (TPSA) is 65.5 Å². The molecule has 1 saturated heterocycles. The van der Waals surface area contributed by atoms with Crippen molar-refractivity contribution in [2.24, 2.45) is 0 Å². The molecular weight excluding hydrogens is 395 g/mol. The maximum Gasteiger partial charge on any atom is 0.321 e. The number of anilines is 1. The maximum atomic E-state index is 13.0. The second-order valence-corrected chi connectivity index (χ2v) is 7.41. The Morgan fingerprint density at radius 1 is 0.871 bits per heavy atom. The maximum absolute atomic E-state index is 13.0. The number of aryl methyl sites for hydroxylation is 1. The van der Waals surface area contributed by atoms with Crippen LogP contribution in [0.4, 0.5) is 14.9 Å². The minimum absolute atomic E-state index is 0.0804. The summed E-state index contributed by atoms with van der Waals surface area (Å²) in [4.78, 5) is 33.4. The molecule has 1 aliphatic heterocycles. The number of hydrogen-bond donors (Lipinski definition) is 1. The first-order valence-electron chi connectivity index (χ1n) is 10.1. The van der Waals surface area contributed by atoms with Crippen LogP contribution in [0.2, 0.25) is 0 Å². The van der Waals surface area contributed by atoms with Gasteiger partial charge in [0.2, 0.25) is 0 Å². The molecule has 1 N–H and O–H groups in total. The molecule has 7 heteroatoms. The number of carbonyl (C=O) groups is 2. The SMILES string of the molecule is Cc1nc(-c2ccccc2)ccc1C(=O)N1CCN(C(=O)Nc2ccc(F)cc2)CC1. The van der Waals surface area contributed by atoms with Gasteiger partial charge in [0.15, 0.2) is 0 Å². The molecule has 3 amide bonds. The minimum atomic E-state index is -0.355. The van der Waals surface area contributed by atoms with Gasteiger partial charge < -0.3 is 15.1 Å². The van der Waals surface area contributed by atoms with Crippen LogP contribution in [0, 0.1) is 12.7 Å². The van der Waals surface area contributed by atoms with Crippen molar-refractivity contribution in [2.45, 2.75) is 6.92 Å². The first-order chi connectivity index (χ1) is 15.0. The van der Waals surface area contributed by atoms with Gasteiger partial charge in [-0.2, -0.15) is 0 Å². The molecule has 158 valence electrons. The van der Waals surface area contributed by atoms with Gasteiger partial charge in [-0.15, -0.1) is 0 Å². The van der Waals surface area contributed by atoms with Crippen molar-refractivity contribution < 1.29 is 14.0 Å². The largest absolute Gasteiger partial charge is 0.335 e. The molecule has 0 spiro atoms. The van der Waals surface area contributed by atoms with Gasteiger partial charge in [0.05, 0.1) is 17.0 Å². The average Bonchev–Trinajstić information content (AvgIpc) is 2.81. The van der Waals surface area contributed by atoms with E-state index in [1.807, 2.05) is 49.4 Å². The molecule has 0 bridgehead atoms. The summed E-state index contributed by atoms with van der Waals surface area (Å²) in [7, 11) is 0. The Hall–Kier alpha value is -3.74. The van der Waals surface area contributed by atoms with Crippen LogP contribution in [0.15, 0.2) is 66.7 Å². The van der Waals surface area contributed by atoms with E-state index >= 15 is 0 Å². The zero-order valence-electron chi connectivity index (χ0n) is 17.2. The quantitative estimate of drug-likeness (QED) is 0.694. The highest BCUT2D eigenvalue weighted by molar-refractivity contribution is 5.96. The lowest BCUT2D eigenvalue weighted by Gasteiger charge is -2.35. The molecule has 0 unspecified atom stereocenters. The number of nitrogens with one attached hydrogen (secondary N) is 1. The summed E-state index contributed by atoms with van der Waals surface area (Å²) in [6, 6.07) is 18.9. The number of nitrogens with zero attached hydrogens (tertiary/aromatic N) is 3. The van der Waals surface area contributed by atoms with E-state index in [2.05, 4.69) is 10.3 Å². The Bertz CT molecular complexity index is 1080. The number of halogens is 1. The van der Waals surface area contributed by atoms with E-state index in [9.17, 15) is 14.0 Å². The monoisotopic (exact) mass is 418 g/mol. The van der Waals surface area contributed by atoms with Crippen LogP contribution in [0.5, 0.6) is 0 Å². The van der Waals surface area contributed by atoms with Gasteiger partial charge in [0.1, 0.15) is 5.82 Å². The Labute approximate surface area is 180 Å². The van der Waals surface area contributed by atoms with E-state index in [1.165, 1.54) is 24.3 Å². The molecule has 1 fully saturated rings. The van der Waals surface area contributed by atoms with Crippen LogP contribution in [0.1, 0.15) is 16.1 Å². The van der Waals surface area contributed by atoms with Crippen LogP contribution >= 0.6 is 0 Å². The summed E-state index contributed by atoms with van der Waals surface area (Å²) in [5.74, 6) is -0.435. The lowest BCUT2D eigenvalue weighted by atomic mass is 10.1. The van der Waals surface area contributed by atoms with E-state index in [1.54, 1.807) is 9.80 Å². The summed E-state index contributed by atoms with van der Waals surface area (Å²) in [6.07, 6.45) is 0. The molecular formula is C24H23FN4O2. The van der Waals surface area contributed by atoms with Crippen LogP contribution in [0.25, 0.3) is 11.3 Å². The van der Waals surface area contributed by atoms with E-state index < -0.39 is 0 Å². The second-order valence-electron chi connectivity index (χ2n) is 7.41. The highest BCUT2D eigenvalue weighted by Gasteiger charge is 2.26. The predicted molar refractivity (Wildman–Crippen MR) is 117 cm³/mol. The lowest BCUT2D eigenvalue weighted by molar-refractivity contribution is 0.0670. The normalized spacial score (nSPS) is 13.7. The third-order valence-corrected chi connectivity index (χ3v) is 5.34. The van der Waals surface area contributed by atoms with Gasteiger partial charge in [0, 0.05) is 37.4 Å². The van der Waals surface area contributed by atoms with Gasteiger partial charge >= 0.3 is 6.03 Å². The number of amides is 3. The standard InChI is InChI=1S/C24H23FN4O2/c1-17-21(11-12-22(26-17)18-5-3-2-4-6-18)23(30)28-13-15-29(16-14-28)24(31)27-20-9-7-19(25)8-10-20/h2-12H,13-16H2,1H3,(H,27,31). The number of pyridine rings is 1. The molecule has 0 atom stereocenters. The molecule has 0 radical (unpaired) electrons. The van der Waals surface area contributed by atoms with Crippen LogP contribution in [-0.4, -0.2) is 52.9 Å². The molecule has 2 heterocycles. The van der Waals surface area contributed by atoms with Crippen molar-refractivity contribution >= 4 is 17.6 Å². The number of benzene rings is 2. The lowest BCUT2D eigenvalue weighted by Crippen LogP contribution is -2.51. The van der Waals surface area contributed by atoms with Crippen molar-refractivity contribution in [1.82, 2.24) is 14.8 Å². The van der Waals surface area contributed by atoms with Crippen molar-refractivity contribution in [3.05, 3.63) is 83.8 Å². The Morgan fingerprint density at radius 2 is 1.52 bits per heavy atom. The fourth-order valence-corrected chi connectivity index (χ4v) is 3.58. The molecule has 1 aliphatic rings. The fraction of sp³-hybridized carbons (Fsp3) is 0.208. The van der Waals surface area contributed by atoms with E-state index in [0.29, 0.717) is 43.1 Å². The van der Waals surface area contributed by atoms with E-state index in [4.69, 9.17) is 0 Å². The van der Waals surface area contributed by atoms with Gasteiger partial charge in [-0.25, -0.2) is 9.18 Å². The van der Waals surface area contributed by atoms with Crippen molar-refractivity contribution in [3.8, 4) is 11.3 Å². The third kappa shape index (κ3) is 4.71. The Kier molecular flexibility index (Phi) is 5.93. The van der Waals surface area contributed by atoms with Gasteiger partial charge in [-0.3, -0.25) is 9.78 Å². The van der Waals surface area contributed by atoms with E-state index in [-0.39, 0.29) is 17.8 Å². The molecule has 6 nitrogen and oxygen atoms in total. The zero-order valence-corrected chi connectivity index (χ0v) is 17.2. The highest BCUT2D eigenvalue weighted by Crippen LogP contribution is 2.20. The predicted octanol–water partition coefficient (Wildman–Crippen LogP) is 4.19. The summed E-state index contributed by atoms with van der Waals surface area (Å²) in [5, 5.41) is 2.75. The number of carbonyl (C=O) groups excluding carboxylic acids is 2. The van der Waals surface area contributed by atoms with Gasteiger partial charge in [0.25, 0.3) is 5.91 Å². The molecule has 0 saturated carbocycles. The first kappa shape index (κ1) is 20.5. The number of hydrogen-bond acceptors (Lipinski definition) is 3. The van der Waals surface area contributed by atoms with Crippen LogP contribution < -0.4 is 5.32 Å². The molecule has 4 rings (SSSR count). The van der Waals surface area contributed by atoms with Crippen molar-refractivity contribution in [1.29, 1.82) is 0 Å². The molecule has 1 aromatic heterocycles. The second kappa shape index (κ2) is 8.95. The first-order valence-corrected chi connectivity index (χ1v) is 10.1. The highest BCUT2D eigenvalue weighted by atomic mass is 19.1. The van der Waals surface area contributed by atoms with Crippen LogP contribution in [-0.2, 0) is 0 Å². The number of rotatable bonds is 3. The average molecular weight is 418 g/mol. The van der Waals surface area contributed by atoms with Gasteiger partial charge in [-0.1, -0.05) is 30.3 Å². The Balaban J connectivity index is 1.37. The fourth-order valence-electron chi connectivity index (χ4n) is 3.58. The molecule has 3 aromatic rings. The van der Waals surface area contributed by atoms with Crippen LogP contribution in [0.3, 0.4) is 0 Å².